The summed E-state index contributed by atoms with van der Waals surface area (Å²) in [5.41, 5.74) is 1.33. The number of fused-ring (bicyclic) bond motifs is 1. The van der Waals surface area contributed by atoms with E-state index in [2.05, 4.69) is 10.3 Å². The zero-order valence-corrected chi connectivity index (χ0v) is 9.21. The first-order valence-electron chi connectivity index (χ1n) is 5.31. The molecule has 0 saturated heterocycles. The molecule has 1 aliphatic rings. The maximum absolute atomic E-state index is 11.5. The third kappa shape index (κ3) is 1.71. The van der Waals surface area contributed by atoms with Gasteiger partial charge >= 0.3 is 0 Å². The molecule has 2 amide bonds. The number of nitrogens with one attached hydrogen (secondary N) is 1. The van der Waals surface area contributed by atoms with Crippen LogP contribution in [0.15, 0.2) is 46.0 Å². The van der Waals surface area contributed by atoms with E-state index in [1.165, 1.54) is 0 Å². The maximum Gasteiger partial charge on any atom is 0.259 e. The van der Waals surface area contributed by atoms with Gasteiger partial charge in [0.1, 0.15) is 5.76 Å². The normalized spacial score (nSPS) is 14.0. The summed E-state index contributed by atoms with van der Waals surface area (Å²) >= 11 is 0. The highest BCUT2D eigenvalue weighted by Gasteiger charge is 2.26. The van der Waals surface area contributed by atoms with Crippen molar-refractivity contribution in [3.8, 4) is 0 Å². The molecule has 5 nitrogen and oxygen atoms in total. The molecule has 0 unspecified atom stereocenters. The van der Waals surface area contributed by atoms with Crippen molar-refractivity contribution in [2.45, 2.75) is 0 Å². The molecular weight excluding hydrogens is 232 g/mol. The van der Waals surface area contributed by atoms with Crippen molar-refractivity contribution in [2.75, 3.05) is 0 Å². The van der Waals surface area contributed by atoms with Gasteiger partial charge in [-0.2, -0.15) is 0 Å². The maximum atomic E-state index is 11.5. The number of amides is 2. The summed E-state index contributed by atoms with van der Waals surface area (Å²) in [6.07, 6.45) is 3.10. The van der Waals surface area contributed by atoms with E-state index in [-0.39, 0.29) is 11.8 Å². The molecule has 2 aromatic rings. The molecule has 18 heavy (non-hydrogen) atoms. The van der Waals surface area contributed by atoms with Crippen molar-refractivity contribution in [2.24, 2.45) is 4.99 Å². The van der Waals surface area contributed by atoms with E-state index in [1.807, 2.05) is 0 Å². The van der Waals surface area contributed by atoms with Crippen molar-refractivity contribution in [3.63, 3.8) is 0 Å². The highest BCUT2D eigenvalue weighted by molar-refractivity contribution is 6.21. The van der Waals surface area contributed by atoms with Crippen LogP contribution in [-0.2, 0) is 0 Å². The molecule has 0 atom stereocenters. The fraction of sp³-hybridized carbons (Fsp3) is 0. The van der Waals surface area contributed by atoms with Crippen LogP contribution in [0.4, 0.5) is 5.69 Å². The molecule has 1 aromatic carbocycles. The van der Waals surface area contributed by atoms with Crippen LogP contribution in [0.2, 0.25) is 0 Å². The van der Waals surface area contributed by atoms with Gasteiger partial charge in [-0.25, -0.2) is 0 Å². The van der Waals surface area contributed by atoms with E-state index >= 15 is 0 Å². The van der Waals surface area contributed by atoms with Crippen LogP contribution < -0.4 is 5.32 Å². The van der Waals surface area contributed by atoms with Gasteiger partial charge in [0.15, 0.2) is 0 Å². The Morgan fingerprint density at radius 3 is 2.72 bits per heavy atom. The smallest absolute Gasteiger partial charge is 0.259 e. The van der Waals surface area contributed by atoms with Crippen molar-refractivity contribution < 1.29 is 14.0 Å². The van der Waals surface area contributed by atoms with E-state index in [4.69, 9.17) is 4.42 Å². The van der Waals surface area contributed by atoms with Gasteiger partial charge in [-0.05, 0) is 30.3 Å². The molecule has 2 heterocycles. The van der Waals surface area contributed by atoms with Crippen LogP contribution in [-0.4, -0.2) is 18.0 Å². The molecule has 0 fully saturated rings. The summed E-state index contributed by atoms with van der Waals surface area (Å²) in [7, 11) is 0. The molecule has 0 radical (unpaired) electrons. The lowest BCUT2D eigenvalue weighted by atomic mass is 10.1. The van der Waals surface area contributed by atoms with Crippen molar-refractivity contribution in [3.05, 3.63) is 53.5 Å². The van der Waals surface area contributed by atoms with E-state index in [0.717, 1.165) is 0 Å². The third-order valence-electron chi connectivity index (χ3n) is 2.60. The first-order chi connectivity index (χ1) is 8.74. The standard InChI is InChI=1S/C13H8N2O3/c16-12-10-4-3-8(6-11(10)13(17)15-12)14-7-9-2-1-5-18-9/h1-7H,(H,15,16,17). The SMILES string of the molecule is O=C1NC(=O)c2cc(N=Cc3ccco3)ccc21. The summed E-state index contributed by atoms with van der Waals surface area (Å²) in [5.74, 6) is -0.127. The second-order valence-corrected chi connectivity index (χ2v) is 3.79. The fourth-order valence-corrected chi connectivity index (χ4v) is 1.74. The number of imide groups is 1. The Labute approximate surface area is 102 Å². The van der Waals surface area contributed by atoms with Gasteiger partial charge in [0.2, 0.25) is 0 Å². The zero-order valence-electron chi connectivity index (χ0n) is 9.21. The predicted molar refractivity (Wildman–Crippen MR) is 64.2 cm³/mol. The van der Waals surface area contributed by atoms with Crippen LogP contribution in [0.25, 0.3) is 0 Å². The van der Waals surface area contributed by atoms with E-state index in [9.17, 15) is 9.59 Å². The van der Waals surface area contributed by atoms with Crippen LogP contribution >= 0.6 is 0 Å². The Kier molecular flexibility index (Phi) is 2.30. The minimum Gasteiger partial charge on any atom is -0.463 e. The molecule has 0 spiro atoms. The first kappa shape index (κ1) is 10.5. The van der Waals surface area contributed by atoms with Gasteiger partial charge < -0.3 is 4.42 Å². The number of rotatable bonds is 2. The Hall–Kier alpha value is -2.69. The van der Waals surface area contributed by atoms with E-state index in [0.29, 0.717) is 22.6 Å². The van der Waals surface area contributed by atoms with Crippen LogP contribution in [0.3, 0.4) is 0 Å². The van der Waals surface area contributed by atoms with Crippen LogP contribution in [0.5, 0.6) is 0 Å². The molecule has 1 aromatic heterocycles. The highest BCUT2D eigenvalue weighted by atomic mass is 16.3. The molecular formula is C13H8N2O3. The van der Waals surface area contributed by atoms with Crippen LogP contribution in [0, 0.1) is 0 Å². The minimum atomic E-state index is -0.384. The lowest BCUT2D eigenvalue weighted by Gasteiger charge is -1.96. The average Bonchev–Trinajstić information content (AvgIpc) is 2.97. The average molecular weight is 240 g/mol. The Morgan fingerprint density at radius 2 is 1.94 bits per heavy atom. The summed E-state index contributed by atoms with van der Waals surface area (Å²) in [4.78, 5) is 27.0. The first-order valence-corrected chi connectivity index (χ1v) is 5.31. The zero-order chi connectivity index (χ0) is 12.5. The number of hydrogen-bond donors (Lipinski definition) is 1. The monoisotopic (exact) mass is 240 g/mol. The molecule has 1 N–H and O–H groups in total. The molecule has 88 valence electrons. The summed E-state index contributed by atoms with van der Waals surface area (Å²) in [5, 5.41) is 2.23. The minimum absolute atomic E-state index is 0.356. The molecule has 0 bridgehead atoms. The summed E-state index contributed by atoms with van der Waals surface area (Å²) in [6, 6.07) is 8.37. The second-order valence-electron chi connectivity index (χ2n) is 3.79. The summed E-state index contributed by atoms with van der Waals surface area (Å²) < 4.78 is 5.10. The third-order valence-corrected chi connectivity index (χ3v) is 2.60. The van der Waals surface area contributed by atoms with E-state index in [1.54, 1.807) is 42.8 Å². The quantitative estimate of drug-likeness (QED) is 0.643. The molecule has 0 aliphatic carbocycles. The topological polar surface area (TPSA) is 71.7 Å². The number of benzene rings is 1. The molecule has 3 rings (SSSR count). The van der Waals surface area contributed by atoms with E-state index < -0.39 is 0 Å². The Morgan fingerprint density at radius 1 is 1.11 bits per heavy atom. The van der Waals surface area contributed by atoms with Gasteiger partial charge in [0, 0.05) is 0 Å². The molecule has 0 saturated carbocycles. The van der Waals surface area contributed by atoms with Gasteiger partial charge in [0.05, 0.1) is 29.3 Å². The van der Waals surface area contributed by atoms with Crippen molar-refractivity contribution in [1.82, 2.24) is 5.32 Å². The van der Waals surface area contributed by atoms with Gasteiger partial charge in [-0.3, -0.25) is 19.9 Å². The second kappa shape index (κ2) is 3.96. The Bertz CT molecular complexity index is 657. The number of hydrogen-bond acceptors (Lipinski definition) is 4. The number of aliphatic imine (C=N–C) groups is 1. The number of carbonyl (C=O) groups is 2. The van der Waals surface area contributed by atoms with Crippen LogP contribution in [0.1, 0.15) is 26.5 Å². The van der Waals surface area contributed by atoms with Crippen molar-refractivity contribution >= 4 is 23.7 Å². The van der Waals surface area contributed by atoms with Gasteiger partial charge in [-0.15, -0.1) is 0 Å². The predicted octanol–water partition coefficient (Wildman–Crippen LogP) is 1.91. The number of carbonyl (C=O) groups excluding carboxylic acids is 2. The number of nitrogens with zero attached hydrogens (tertiary/aromatic N) is 1. The molecule has 1 aliphatic heterocycles. The highest BCUT2D eigenvalue weighted by Crippen LogP contribution is 2.22. The fourth-order valence-electron chi connectivity index (χ4n) is 1.74. The lowest BCUT2D eigenvalue weighted by molar-refractivity contribution is 0.0879. The summed E-state index contributed by atoms with van der Waals surface area (Å²) in [6.45, 7) is 0. The van der Waals surface area contributed by atoms with Gasteiger partial charge in [-0.1, -0.05) is 0 Å². The Balaban J connectivity index is 1.94. The molecule has 5 heteroatoms. The van der Waals surface area contributed by atoms with Crippen molar-refractivity contribution in [1.29, 1.82) is 0 Å². The number of furan rings is 1. The lowest BCUT2D eigenvalue weighted by Crippen LogP contribution is -2.19. The van der Waals surface area contributed by atoms with Gasteiger partial charge in [0.25, 0.3) is 11.8 Å². The largest absolute Gasteiger partial charge is 0.463 e.